The molecule has 1 aliphatic heterocycles. The minimum Gasteiger partial charge on any atom is -0.508 e. The topological polar surface area (TPSA) is 55.8 Å². The van der Waals surface area contributed by atoms with Crippen molar-refractivity contribution in [3.63, 3.8) is 0 Å². The molecule has 1 unspecified atom stereocenters. The first-order chi connectivity index (χ1) is 11.2. The van der Waals surface area contributed by atoms with Gasteiger partial charge in [-0.2, -0.15) is 0 Å². The standard InChI is InChI=1S/C19H18O4/c20-17-9-5-4-8-16(17)18-11-10-15(23-18)12-19(21)22-13-14-6-2-1-3-7-14/h1-9,12,18,20H,10-11,13H2/b15-12+. The maximum atomic E-state index is 11.9. The van der Waals surface area contributed by atoms with Gasteiger partial charge in [-0.1, -0.05) is 48.5 Å². The number of carbonyl (C=O) groups is 1. The zero-order valence-electron chi connectivity index (χ0n) is 12.6. The van der Waals surface area contributed by atoms with Crippen molar-refractivity contribution < 1.29 is 19.4 Å². The number of ether oxygens (including phenoxy) is 2. The lowest BCUT2D eigenvalue weighted by Crippen LogP contribution is -2.02. The quantitative estimate of drug-likeness (QED) is 0.688. The molecule has 0 bridgehead atoms. The fraction of sp³-hybridized carbons (Fsp3) is 0.211. The molecule has 0 radical (unpaired) electrons. The van der Waals surface area contributed by atoms with Crippen LogP contribution in [-0.4, -0.2) is 11.1 Å². The van der Waals surface area contributed by atoms with E-state index in [1.165, 1.54) is 6.08 Å². The molecule has 4 nitrogen and oxygen atoms in total. The summed E-state index contributed by atoms with van der Waals surface area (Å²) >= 11 is 0. The third kappa shape index (κ3) is 3.92. The predicted molar refractivity (Wildman–Crippen MR) is 85.5 cm³/mol. The molecule has 2 aromatic rings. The molecule has 0 saturated carbocycles. The molecule has 2 aromatic carbocycles. The minimum absolute atomic E-state index is 0.213. The molecule has 23 heavy (non-hydrogen) atoms. The lowest BCUT2D eigenvalue weighted by molar-refractivity contribution is -0.139. The van der Waals surface area contributed by atoms with Gasteiger partial charge in [-0.25, -0.2) is 4.79 Å². The van der Waals surface area contributed by atoms with Crippen molar-refractivity contribution in [2.75, 3.05) is 0 Å². The van der Waals surface area contributed by atoms with Crippen molar-refractivity contribution >= 4 is 5.97 Å². The SMILES string of the molecule is O=C(/C=C1\CCC(c2ccccc2O)O1)OCc1ccccc1. The smallest absolute Gasteiger partial charge is 0.334 e. The first kappa shape index (κ1) is 15.2. The lowest BCUT2D eigenvalue weighted by Gasteiger charge is -2.12. The van der Waals surface area contributed by atoms with E-state index in [0.717, 1.165) is 17.5 Å². The van der Waals surface area contributed by atoms with Crippen molar-refractivity contribution in [2.45, 2.75) is 25.6 Å². The number of allylic oxidation sites excluding steroid dienone is 1. The molecule has 1 fully saturated rings. The molecule has 3 rings (SSSR count). The average molecular weight is 310 g/mol. The van der Waals surface area contributed by atoms with Crippen LogP contribution in [-0.2, 0) is 20.9 Å². The van der Waals surface area contributed by atoms with Gasteiger partial charge in [-0.05, 0) is 18.1 Å². The Labute approximate surface area is 135 Å². The number of phenolic OH excluding ortho intramolecular Hbond substituents is 1. The van der Waals surface area contributed by atoms with Gasteiger partial charge >= 0.3 is 5.97 Å². The molecular weight excluding hydrogens is 292 g/mol. The molecule has 0 aromatic heterocycles. The molecule has 1 N–H and O–H groups in total. The van der Waals surface area contributed by atoms with Crippen LogP contribution in [0.4, 0.5) is 0 Å². The molecule has 118 valence electrons. The van der Waals surface area contributed by atoms with E-state index in [0.29, 0.717) is 12.2 Å². The Kier molecular flexibility index (Phi) is 4.62. The summed E-state index contributed by atoms with van der Waals surface area (Å²) in [6.45, 7) is 0.242. The third-order valence-electron chi connectivity index (χ3n) is 3.73. The molecule has 4 heteroatoms. The fourth-order valence-electron chi connectivity index (χ4n) is 2.56. The molecule has 1 heterocycles. The largest absolute Gasteiger partial charge is 0.508 e. The number of aromatic hydroxyl groups is 1. The van der Waals surface area contributed by atoms with Gasteiger partial charge < -0.3 is 14.6 Å². The predicted octanol–water partition coefficient (Wildman–Crippen LogP) is 3.87. The molecule has 0 spiro atoms. The molecule has 1 atom stereocenters. The number of rotatable bonds is 4. The van der Waals surface area contributed by atoms with E-state index in [2.05, 4.69) is 0 Å². The highest BCUT2D eigenvalue weighted by molar-refractivity contribution is 5.82. The van der Waals surface area contributed by atoms with Crippen LogP contribution in [0.25, 0.3) is 0 Å². The molecule has 1 aliphatic rings. The second-order valence-electron chi connectivity index (χ2n) is 5.41. The van der Waals surface area contributed by atoms with Crippen molar-refractivity contribution in [3.8, 4) is 5.75 Å². The van der Waals surface area contributed by atoms with Crippen LogP contribution in [0, 0.1) is 0 Å². The highest BCUT2D eigenvalue weighted by atomic mass is 16.5. The Morgan fingerprint density at radius 3 is 2.70 bits per heavy atom. The number of para-hydroxylation sites is 1. The Hall–Kier alpha value is -2.75. The van der Waals surface area contributed by atoms with Crippen molar-refractivity contribution in [2.24, 2.45) is 0 Å². The van der Waals surface area contributed by atoms with Gasteiger partial charge in [0, 0.05) is 12.0 Å². The van der Waals surface area contributed by atoms with Crippen LogP contribution < -0.4 is 0 Å². The summed E-state index contributed by atoms with van der Waals surface area (Å²) in [6, 6.07) is 16.6. The molecule has 0 amide bonds. The summed E-state index contributed by atoms with van der Waals surface area (Å²) in [6.07, 6.45) is 2.56. The number of esters is 1. The second kappa shape index (κ2) is 7.01. The fourth-order valence-corrected chi connectivity index (χ4v) is 2.56. The van der Waals surface area contributed by atoms with Crippen LogP contribution in [0.15, 0.2) is 66.4 Å². The normalized spacial score (nSPS) is 18.6. The highest BCUT2D eigenvalue weighted by Gasteiger charge is 2.25. The first-order valence-electron chi connectivity index (χ1n) is 7.58. The summed E-state index contributed by atoms with van der Waals surface area (Å²) in [7, 11) is 0. The van der Waals surface area contributed by atoms with Gasteiger partial charge in [0.1, 0.15) is 24.2 Å². The van der Waals surface area contributed by atoms with Gasteiger partial charge in [0.15, 0.2) is 0 Å². The molecule has 1 saturated heterocycles. The average Bonchev–Trinajstić information content (AvgIpc) is 3.02. The van der Waals surface area contributed by atoms with Gasteiger partial charge in [0.25, 0.3) is 0 Å². The van der Waals surface area contributed by atoms with E-state index < -0.39 is 5.97 Å². The lowest BCUT2D eigenvalue weighted by atomic mass is 10.1. The summed E-state index contributed by atoms with van der Waals surface area (Å²) in [4.78, 5) is 11.9. The monoisotopic (exact) mass is 310 g/mol. The Bertz CT molecular complexity index is 706. The first-order valence-corrected chi connectivity index (χ1v) is 7.58. The van der Waals surface area contributed by atoms with Gasteiger partial charge in [-0.3, -0.25) is 0 Å². The summed E-state index contributed by atoms with van der Waals surface area (Å²) in [5.41, 5.74) is 1.69. The number of hydrogen-bond donors (Lipinski definition) is 1. The number of carbonyl (C=O) groups excluding carboxylic acids is 1. The van der Waals surface area contributed by atoms with E-state index in [9.17, 15) is 9.90 Å². The van der Waals surface area contributed by atoms with E-state index in [1.54, 1.807) is 12.1 Å². The summed E-state index contributed by atoms with van der Waals surface area (Å²) < 4.78 is 11.0. The van der Waals surface area contributed by atoms with E-state index in [1.807, 2.05) is 42.5 Å². The maximum Gasteiger partial charge on any atom is 0.334 e. The Morgan fingerprint density at radius 1 is 1.17 bits per heavy atom. The van der Waals surface area contributed by atoms with E-state index in [-0.39, 0.29) is 18.5 Å². The number of hydrogen-bond acceptors (Lipinski definition) is 4. The zero-order valence-corrected chi connectivity index (χ0v) is 12.6. The van der Waals surface area contributed by atoms with E-state index >= 15 is 0 Å². The van der Waals surface area contributed by atoms with Crippen LogP contribution in [0.1, 0.15) is 30.1 Å². The Balaban J connectivity index is 1.57. The van der Waals surface area contributed by atoms with Crippen LogP contribution in [0.3, 0.4) is 0 Å². The molecular formula is C19H18O4. The van der Waals surface area contributed by atoms with Crippen molar-refractivity contribution in [1.29, 1.82) is 0 Å². The highest BCUT2D eigenvalue weighted by Crippen LogP contribution is 2.38. The van der Waals surface area contributed by atoms with Crippen molar-refractivity contribution in [3.05, 3.63) is 77.6 Å². The second-order valence-corrected chi connectivity index (χ2v) is 5.41. The van der Waals surface area contributed by atoms with Gasteiger partial charge in [-0.15, -0.1) is 0 Å². The minimum atomic E-state index is -0.415. The van der Waals surface area contributed by atoms with Crippen LogP contribution >= 0.6 is 0 Å². The number of phenols is 1. The zero-order chi connectivity index (χ0) is 16.1. The van der Waals surface area contributed by atoms with Gasteiger partial charge in [0.2, 0.25) is 0 Å². The Morgan fingerprint density at radius 2 is 1.91 bits per heavy atom. The van der Waals surface area contributed by atoms with Crippen molar-refractivity contribution in [1.82, 2.24) is 0 Å². The molecule has 0 aliphatic carbocycles. The summed E-state index contributed by atoms with van der Waals surface area (Å²) in [5, 5.41) is 9.86. The number of benzene rings is 2. The third-order valence-corrected chi connectivity index (χ3v) is 3.73. The van der Waals surface area contributed by atoms with Gasteiger partial charge in [0.05, 0.1) is 6.08 Å². The van der Waals surface area contributed by atoms with Crippen LogP contribution in [0.2, 0.25) is 0 Å². The summed E-state index contributed by atoms with van der Waals surface area (Å²) in [5.74, 6) is 0.392. The van der Waals surface area contributed by atoms with E-state index in [4.69, 9.17) is 9.47 Å². The van der Waals surface area contributed by atoms with Crippen LogP contribution in [0.5, 0.6) is 5.75 Å². The maximum absolute atomic E-state index is 11.9.